The second kappa shape index (κ2) is 12.2. The molecule has 0 aromatic heterocycles. The Morgan fingerprint density at radius 1 is 1.23 bits per heavy atom. The largest absolute Gasteiger partial charge is 0.377 e. The summed E-state index contributed by atoms with van der Waals surface area (Å²) in [4.78, 5) is 21.5. The number of nitrogens with one attached hydrogen (secondary N) is 1. The molecule has 0 aliphatic carbocycles. The van der Waals surface area contributed by atoms with Crippen molar-refractivity contribution in [1.29, 1.82) is 0 Å². The Kier molecular flexibility index (Phi) is 10.1. The Labute approximate surface area is 212 Å². The van der Waals surface area contributed by atoms with Crippen LogP contribution in [0.2, 0.25) is 0 Å². The molecule has 7 atom stereocenters. The number of hydrogen-bond acceptors (Lipinski definition) is 8. The molecule has 204 valence electrons. The molecular formula is C26H51FN6O2. The predicted molar refractivity (Wildman–Crippen MR) is 139 cm³/mol. The molecule has 4 N–H and O–H groups in total. The van der Waals surface area contributed by atoms with Crippen LogP contribution in [0, 0.1) is 5.41 Å². The van der Waals surface area contributed by atoms with Crippen LogP contribution >= 0.6 is 0 Å². The third kappa shape index (κ3) is 7.21. The fourth-order valence-corrected chi connectivity index (χ4v) is 6.24. The van der Waals surface area contributed by atoms with E-state index in [9.17, 15) is 14.3 Å². The van der Waals surface area contributed by atoms with Gasteiger partial charge in [-0.15, -0.1) is 0 Å². The van der Waals surface area contributed by atoms with Crippen molar-refractivity contribution in [2.45, 2.75) is 96.5 Å². The van der Waals surface area contributed by atoms with Crippen LogP contribution in [0.5, 0.6) is 0 Å². The van der Waals surface area contributed by atoms with E-state index in [4.69, 9.17) is 5.73 Å². The fourth-order valence-electron chi connectivity index (χ4n) is 6.24. The molecule has 3 fully saturated rings. The summed E-state index contributed by atoms with van der Waals surface area (Å²) in [6.07, 6.45) is -1.33. The van der Waals surface area contributed by atoms with Crippen molar-refractivity contribution >= 4 is 5.78 Å². The summed E-state index contributed by atoms with van der Waals surface area (Å²) >= 11 is 0. The Bertz CT molecular complexity index is 697. The summed E-state index contributed by atoms with van der Waals surface area (Å²) in [6, 6.07) is 0.498. The highest BCUT2D eigenvalue weighted by atomic mass is 19.1. The molecule has 4 unspecified atom stereocenters. The lowest BCUT2D eigenvalue weighted by Gasteiger charge is -2.46. The smallest absolute Gasteiger partial charge is 0.166 e. The Balaban J connectivity index is 1.68. The first-order chi connectivity index (χ1) is 16.4. The molecule has 0 aromatic rings. The number of Topliss-reactive ketones (excluding diaryl/α,β-unsaturated/α-hetero) is 1. The summed E-state index contributed by atoms with van der Waals surface area (Å²) in [6.45, 7) is 17.5. The van der Waals surface area contributed by atoms with Gasteiger partial charge in [-0.05, 0) is 32.7 Å². The molecule has 3 aliphatic rings. The number of aliphatic hydroxyl groups is 1. The monoisotopic (exact) mass is 498 g/mol. The van der Waals surface area contributed by atoms with Crippen LogP contribution in [-0.2, 0) is 4.79 Å². The van der Waals surface area contributed by atoms with E-state index in [-0.39, 0.29) is 36.1 Å². The second-order valence-corrected chi connectivity index (χ2v) is 12.2. The minimum atomic E-state index is -1.53. The molecule has 3 heterocycles. The number of nitrogens with two attached hydrogens (primary N) is 1. The summed E-state index contributed by atoms with van der Waals surface area (Å²) in [5.41, 5.74) is 6.32. The average Bonchev–Trinajstić information content (AvgIpc) is 3.01. The van der Waals surface area contributed by atoms with Crippen LogP contribution in [-0.4, -0.2) is 133 Å². The number of likely N-dealkylation sites (tertiary alicyclic amines) is 1. The number of piperazine rings is 2. The van der Waals surface area contributed by atoms with Crippen molar-refractivity contribution in [3.05, 3.63) is 0 Å². The summed E-state index contributed by atoms with van der Waals surface area (Å²) in [5.74, 6) is -0.351. The van der Waals surface area contributed by atoms with E-state index < -0.39 is 12.4 Å². The zero-order chi connectivity index (χ0) is 25.9. The number of carbonyl (C=O) groups excluding carboxylic acids is 1. The van der Waals surface area contributed by atoms with Gasteiger partial charge in [0.15, 0.2) is 12.0 Å². The van der Waals surface area contributed by atoms with Gasteiger partial charge in [0.1, 0.15) is 6.23 Å². The lowest BCUT2D eigenvalue weighted by molar-refractivity contribution is -0.125. The van der Waals surface area contributed by atoms with Gasteiger partial charge in [0.25, 0.3) is 0 Å². The maximum absolute atomic E-state index is 14.9. The first-order valence-corrected chi connectivity index (χ1v) is 13.7. The highest BCUT2D eigenvalue weighted by Gasteiger charge is 2.48. The van der Waals surface area contributed by atoms with Gasteiger partial charge in [-0.3, -0.25) is 19.5 Å². The zero-order valence-electron chi connectivity index (χ0n) is 22.9. The fraction of sp³-hybridized carbons (Fsp3) is 0.962. The Hall–Kier alpha value is -0.680. The molecule has 0 radical (unpaired) electrons. The molecule has 3 saturated heterocycles. The molecule has 3 aliphatic heterocycles. The zero-order valence-corrected chi connectivity index (χ0v) is 22.9. The number of alkyl halides is 1. The normalized spacial score (nSPS) is 35.3. The van der Waals surface area contributed by atoms with Crippen molar-refractivity contribution in [2.75, 3.05) is 59.4 Å². The van der Waals surface area contributed by atoms with Gasteiger partial charge in [0.05, 0.1) is 0 Å². The van der Waals surface area contributed by atoms with E-state index in [1.807, 2.05) is 11.8 Å². The lowest BCUT2D eigenvalue weighted by atomic mass is 9.84. The van der Waals surface area contributed by atoms with E-state index in [0.29, 0.717) is 37.6 Å². The second-order valence-electron chi connectivity index (χ2n) is 12.2. The molecule has 3 rings (SSSR count). The quantitative estimate of drug-likeness (QED) is 0.407. The number of β-amino-alcohol motifs (C(OH)–C–C–N with tert-alkyl or cyclic N) is 1. The van der Waals surface area contributed by atoms with E-state index in [0.717, 1.165) is 39.3 Å². The number of likely N-dealkylation sites (N-methyl/N-ethyl adjacent to an activating group) is 1. The van der Waals surface area contributed by atoms with Gasteiger partial charge in [-0.2, -0.15) is 0 Å². The lowest BCUT2D eigenvalue weighted by Crippen LogP contribution is -2.63. The third-order valence-electron chi connectivity index (χ3n) is 8.55. The topological polar surface area (TPSA) is 88.3 Å². The molecule has 0 spiro atoms. The van der Waals surface area contributed by atoms with Crippen LogP contribution in [0.1, 0.15) is 53.9 Å². The maximum atomic E-state index is 14.9. The minimum Gasteiger partial charge on any atom is -0.377 e. The van der Waals surface area contributed by atoms with Crippen molar-refractivity contribution in [3.63, 3.8) is 0 Å². The van der Waals surface area contributed by atoms with Crippen molar-refractivity contribution < 1.29 is 14.3 Å². The number of aliphatic hydroxyl groups excluding tert-OH is 1. The molecule has 0 aromatic carbocycles. The van der Waals surface area contributed by atoms with Crippen LogP contribution < -0.4 is 11.1 Å². The molecule has 35 heavy (non-hydrogen) atoms. The number of nitrogens with zero attached hydrogens (tertiary/aromatic N) is 4. The van der Waals surface area contributed by atoms with E-state index in [1.54, 1.807) is 0 Å². The summed E-state index contributed by atoms with van der Waals surface area (Å²) in [5, 5.41) is 15.1. The van der Waals surface area contributed by atoms with Gasteiger partial charge in [-0.25, -0.2) is 4.39 Å². The molecule has 0 saturated carbocycles. The van der Waals surface area contributed by atoms with E-state index in [2.05, 4.69) is 54.8 Å². The van der Waals surface area contributed by atoms with Gasteiger partial charge in [-0.1, -0.05) is 20.8 Å². The van der Waals surface area contributed by atoms with Crippen molar-refractivity contribution in [3.8, 4) is 0 Å². The first-order valence-electron chi connectivity index (χ1n) is 13.7. The number of carbonyl (C=O) groups is 1. The molecule has 0 amide bonds. The average molecular weight is 499 g/mol. The third-order valence-corrected chi connectivity index (χ3v) is 8.55. The molecule has 0 bridgehead atoms. The SMILES string of the molecule is CCCC(=O)C(F)CC1C(N)C(C)(C)CN1C(O)CN1C[C@@H](C)NC[C@@H]1CN1CCN(C)C[C@H]1C. The van der Waals surface area contributed by atoms with Gasteiger partial charge in [0, 0.05) is 95.4 Å². The van der Waals surface area contributed by atoms with Crippen molar-refractivity contribution in [1.82, 2.24) is 24.9 Å². The highest BCUT2D eigenvalue weighted by Crippen LogP contribution is 2.37. The van der Waals surface area contributed by atoms with Gasteiger partial charge in [0.2, 0.25) is 0 Å². The molecular weight excluding hydrogens is 447 g/mol. The summed E-state index contributed by atoms with van der Waals surface area (Å²) in [7, 11) is 2.18. The Morgan fingerprint density at radius 3 is 2.60 bits per heavy atom. The maximum Gasteiger partial charge on any atom is 0.166 e. The van der Waals surface area contributed by atoms with Crippen LogP contribution in [0.3, 0.4) is 0 Å². The van der Waals surface area contributed by atoms with Crippen molar-refractivity contribution in [2.24, 2.45) is 11.1 Å². The van der Waals surface area contributed by atoms with E-state index >= 15 is 0 Å². The number of ketones is 1. The van der Waals surface area contributed by atoms with E-state index in [1.165, 1.54) is 0 Å². The van der Waals surface area contributed by atoms with Gasteiger partial charge < -0.3 is 21.1 Å². The number of rotatable bonds is 10. The first kappa shape index (κ1) is 28.9. The number of hydrogen-bond donors (Lipinski definition) is 3. The molecule has 8 nitrogen and oxygen atoms in total. The van der Waals surface area contributed by atoms with Crippen LogP contribution in [0.15, 0.2) is 0 Å². The summed E-state index contributed by atoms with van der Waals surface area (Å²) < 4.78 is 14.9. The van der Waals surface area contributed by atoms with Crippen LogP contribution in [0.4, 0.5) is 4.39 Å². The molecule has 9 heteroatoms. The number of halogens is 1. The Morgan fingerprint density at radius 2 is 1.94 bits per heavy atom. The van der Waals surface area contributed by atoms with Crippen LogP contribution in [0.25, 0.3) is 0 Å². The van der Waals surface area contributed by atoms with Gasteiger partial charge >= 0.3 is 0 Å². The predicted octanol–water partition coefficient (Wildman–Crippen LogP) is 0.738. The minimum absolute atomic E-state index is 0.0562. The highest BCUT2D eigenvalue weighted by molar-refractivity contribution is 5.82. The standard InChI is InChI=1S/C26H51FN6O2/c1-7-8-23(34)21(27)11-22-25(28)26(4,5)17-33(22)24(35)16-32-13-18(2)29-12-20(32)15-31-10-9-30(6)14-19(31)3/h18-22,24-25,29,35H,7-17,28H2,1-6H3/t18-,19-,20-,21?,22?,24?,25?/m1/s1.